The summed E-state index contributed by atoms with van der Waals surface area (Å²) >= 11 is 0. The third-order valence-electron chi connectivity index (χ3n) is 3.82. The molecule has 0 aromatic rings. The van der Waals surface area contributed by atoms with E-state index in [0.29, 0.717) is 5.41 Å². The third-order valence-corrected chi connectivity index (χ3v) is 3.82. The van der Waals surface area contributed by atoms with E-state index in [9.17, 15) is 0 Å². The first-order valence-corrected chi connectivity index (χ1v) is 6.95. The second kappa shape index (κ2) is 6.17. The number of rotatable bonds is 6. The second-order valence-electron chi connectivity index (χ2n) is 6.65. The van der Waals surface area contributed by atoms with Crippen molar-refractivity contribution in [2.45, 2.75) is 33.7 Å². The van der Waals surface area contributed by atoms with Gasteiger partial charge in [0, 0.05) is 32.2 Å². The van der Waals surface area contributed by atoms with Gasteiger partial charge in [0.2, 0.25) is 0 Å². The van der Waals surface area contributed by atoms with E-state index in [1.165, 1.54) is 19.6 Å². The lowest BCUT2D eigenvalue weighted by molar-refractivity contribution is 0.190. The van der Waals surface area contributed by atoms with E-state index in [0.717, 1.165) is 25.0 Å². The zero-order chi connectivity index (χ0) is 13.1. The minimum Gasteiger partial charge on any atom is -0.316 e. The van der Waals surface area contributed by atoms with E-state index in [1.807, 2.05) is 0 Å². The molecule has 2 unspecified atom stereocenters. The van der Waals surface area contributed by atoms with Crippen molar-refractivity contribution < 1.29 is 0 Å². The lowest BCUT2D eigenvalue weighted by Crippen LogP contribution is -2.41. The van der Waals surface area contributed by atoms with Crippen molar-refractivity contribution in [2.75, 3.05) is 46.8 Å². The molecule has 0 bridgehead atoms. The van der Waals surface area contributed by atoms with Crippen LogP contribution in [0.4, 0.5) is 0 Å². The Kier molecular flexibility index (Phi) is 5.42. The SMILES string of the molecule is CCNCC(C)(C)CN1CC(C)C(N(C)C)C1. The van der Waals surface area contributed by atoms with E-state index in [-0.39, 0.29) is 0 Å². The molecule has 0 aromatic carbocycles. The van der Waals surface area contributed by atoms with Gasteiger partial charge in [0.25, 0.3) is 0 Å². The van der Waals surface area contributed by atoms with Gasteiger partial charge >= 0.3 is 0 Å². The molecule has 3 nitrogen and oxygen atoms in total. The standard InChI is InChI=1S/C14H31N3/c1-7-15-10-14(3,4)11-17-8-12(2)13(9-17)16(5)6/h12-13,15H,7-11H2,1-6H3. The number of likely N-dealkylation sites (tertiary alicyclic amines) is 1. The summed E-state index contributed by atoms with van der Waals surface area (Å²) in [5.41, 5.74) is 0.372. The van der Waals surface area contributed by atoms with Crippen molar-refractivity contribution >= 4 is 0 Å². The zero-order valence-electron chi connectivity index (χ0n) is 12.6. The average Bonchev–Trinajstić information content (AvgIpc) is 2.55. The molecule has 102 valence electrons. The maximum absolute atomic E-state index is 3.47. The molecule has 1 N–H and O–H groups in total. The van der Waals surface area contributed by atoms with Gasteiger partial charge in [-0.15, -0.1) is 0 Å². The molecule has 0 saturated carbocycles. The molecule has 0 aromatic heterocycles. The summed E-state index contributed by atoms with van der Waals surface area (Å²) in [7, 11) is 4.41. The van der Waals surface area contributed by atoms with E-state index in [4.69, 9.17) is 0 Å². The van der Waals surface area contributed by atoms with Crippen LogP contribution in [0.2, 0.25) is 0 Å². The highest BCUT2D eigenvalue weighted by Crippen LogP contribution is 2.24. The zero-order valence-corrected chi connectivity index (χ0v) is 12.6. The van der Waals surface area contributed by atoms with Crippen LogP contribution in [0.3, 0.4) is 0 Å². The minimum atomic E-state index is 0.372. The Bertz CT molecular complexity index is 226. The predicted octanol–water partition coefficient (Wildman–Crippen LogP) is 1.50. The summed E-state index contributed by atoms with van der Waals surface area (Å²) in [6.45, 7) is 15.1. The van der Waals surface area contributed by atoms with Gasteiger partial charge in [-0.3, -0.25) is 0 Å². The van der Waals surface area contributed by atoms with Gasteiger partial charge in [0.05, 0.1) is 0 Å². The van der Waals surface area contributed by atoms with Crippen molar-refractivity contribution in [3.63, 3.8) is 0 Å². The highest BCUT2D eigenvalue weighted by Gasteiger charge is 2.33. The van der Waals surface area contributed by atoms with Gasteiger partial charge in [0.1, 0.15) is 0 Å². The van der Waals surface area contributed by atoms with Crippen LogP contribution in [0.25, 0.3) is 0 Å². The Morgan fingerprint density at radius 2 is 1.94 bits per heavy atom. The summed E-state index contributed by atoms with van der Waals surface area (Å²) in [6, 6.07) is 0.727. The summed E-state index contributed by atoms with van der Waals surface area (Å²) in [5.74, 6) is 0.792. The van der Waals surface area contributed by atoms with E-state index < -0.39 is 0 Å². The van der Waals surface area contributed by atoms with E-state index in [2.05, 4.69) is 56.9 Å². The summed E-state index contributed by atoms with van der Waals surface area (Å²) < 4.78 is 0. The summed E-state index contributed by atoms with van der Waals surface area (Å²) in [5, 5.41) is 3.47. The molecule has 1 aliphatic rings. The monoisotopic (exact) mass is 241 g/mol. The Labute approximate surface area is 108 Å². The fourth-order valence-corrected chi connectivity index (χ4v) is 2.97. The van der Waals surface area contributed by atoms with Crippen LogP contribution in [0.5, 0.6) is 0 Å². The quantitative estimate of drug-likeness (QED) is 0.760. The third kappa shape index (κ3) is 4.57. The molecule has 1 rings (SSSR count). The molecule has 0 radical (unpaired) electrons. The molecule has 3 heteroatoms. The van der Waals surface area contributed by atoms with Crippen LogP contribution in [0.1, 0.15) is 27.7 Å². The van der Waals surface area contributed by atoms with Crippen LogP contribution in [-0.4, -0.2) is 62.7 Å². The first-order chi connectivity index (χ1) is 7.85. The average molecular weight is 241 g/mol. The van der Waals surface area contributed by atoms with Crippen molar-refractivity contribution in [2.24, 2.45) is 11.3 Å². The molecular formula is C14H31N3. The van der Waals surface area contributed by atoms with Gasteiger partial charge in [-0.05, 0) is 32.0 Å². The first-order valence-electron chi connectivity index (χ1n) is 6.95. The van der Waals surface area contributed by atoms with Crippen molar-refractivity contribution in [3.8, 4) is 0 Å². The molecule has 1 heterocycles. The maximum Gasteiger partial charge on any atom is 0.0254 e. The number of likely N-dealkylation sites (N-methyl/N-ethyl adjacent to an activating group) is 1. The van der Waals surface area contributed by atoms with Crippen LogP contribution in [0, 0.1) is 11.3 Å². The number of hydrogen-bond donors (Lipinski definition) is 1. The Balaban J connectivity index is 2.43. The number of nitrogens with one attached hydrogen (secondary N) is 1. The second-order valence-corrected chi connectivity index (χ2v) is 6.65. The van der Waals surface area contributed by atoms with Crippen LogP contribution < -0.4 is 5.32 Å². The normalized spacial score (nSPS) is 27.0. The fourth-order valence-electron chi connectivity index (χ4n) is 2.97. The predicted molar refractivity (Wildman–Crippen MR) is 75.4 cm³/mol. The highest BCUT2D eigenvalue weighted by molar-refractivity contribution is 4.89. The first kappa shape index (κ1) is 14.9. The lowest BCUT2D eigenvalue weighted by Gasteiger charge is -2.30. The molecule has 1 saturated heterocycles. The van der Waals surface area contributed by atoms with Crippen LogP contribution >= 0.6 is 0 Å². The number of hydrogen-bond acceptors (Lipinski definition) is 3. The molecule has 2 atom stereocenters. The lowest BCUT2D eigenvalue weighted by atomic mass is 9.93. The van der Waals surface area contributed by atoms with Gasteiger partial charge in [0.15, 0.2) is 0 Å². The molecule has 0 spiro atoms. The van der Waals surface area contributed by atoms with Gasteiger partial charge in [-0.1, -0.05) is 27.7 Å². The van der Waals surface area contributed by atoms with Crippen molar-refractivity contribution in [1.29, 1.82) is 0 Å². The van der Waals surface area contributed by atoms with Gasteiger partial charge < -0.3 is 15.1 Å². The van der Waals surface area contributed by atoms with Gasteiger partial charge in [-0.25, -0.2) is 0 Å². The topological polar surface area (TPSA) is 18.5 Å². The Morgan fingerprint density at radius 3 is 2.41 bits per heavy atom. The minimum absolute atomic E-state index is 0.372. The fraction of sp³-hybridized carbons (Fsp3) is 1.00. The number of nitrogens with zero attached hydrogens (tertiary/aromatic N) is 2. The Morgan fingerprint density at radius 1 is 1.29 bits per heavy atom. The Hall–Kier alpha value is -0.120. The molecular weight excluding hydrogens is 210 g/mol. The van der Waals surface area contributed by atoms with Crippen molar-refractivity contribution in [1.82, 2.24) is 15.1 Å². The van der Waals surface area contributed by atoms with E-state index in [1.54, 1.807) is 0 Å². The van der Waals surface area contributed by atoms with Gasteiger partial charge in [-0.2, -0.15) is 0 Å². The molecule has 17 heavy (non-hydrogen) atoms. The van der Waals surface area contributed by atoms with Crippen LogP contribution in [-0.2, 0) is 0 Å². The highest BCUT2D eigenvalue weighted by atomic mass is 15.2. The summed E-state index contributed by atoms with van der Waals surface area (Å²) in [4.78, 5) is 5.01. The largest absolute Gasteiger partial charge is 0.316 e. The van der Waals surface area contributed by atoms with Crippen molar-refractivity contribution in [3.05, 3.63) is 0 Å². The van der Waals surface area contributed by atoms with E-state index >= 15 is 0 Å². The molecule has 1 aliphatic heterocycles. The smallest absolute Gasteiger partial charge is 0.0254 e. The molecule has 0 amide bonds. The molecule has 0 aliphatic carbocycles. The summed E-state index contributed by atoms with van der Waals surface area (Å²) in [6.07, 6.45) is 0. The van der Waals surface area contributed by atoms with Crippen LogP contribution in [0.15, 0.2) is 0 Å². The maximum atomic E-state index is 3.47. The molecule has 1 fully saturated rings.